The summed E-state index contributed by atoms with van der Waals surface area (Å²) >= 11 is 0. The fourth-order valence-electron chi connectivity index (χ4n) is 4.32. The standard InChI is InChI=1S/C28H31N3O3/c1-34-26-14-8-6-12-24(26)20-31(21-27(32)29-19-22-9-3-2-4-10-22)28(33)16-18-30-17-15-23-11-5-7-13-25(23)30/h2-14H,15-21H2,1H3,(H,29,32). The number of rotatable bonds is 10. The molecule has 3 aromatic carbocycles. The van der Waals surface area contributed by atoms with Crippen LogP contribution < -0.4 is 15.0 Å². The summed E-state index contributed by atoms with van der Waals surface area (Å²) in [5.74, 6) is 0.474. The second-order valence-corrected chi connectivity index (χ2v) is 8.44. The molecular weight excluding hydrogens is 426 g/mol. The van der Waals surface area contributed by atoms with Crippen LogP contribution in [0, 0.1) is 0 Å². The molecule has 2 amide bonds. The quantitative estimate of drug-likeness (QED) is 0.503. The van der Waals surface area contributed by atoms with Crippen LogP contribution in [-0.4, -0.2) is 43.5 Å². The van der Waals surface area contributed by atoms with Crippen molar-refractivity contribution >= 4 is 17.5 Å². The number of para-hydroxylation sites is 2. The second kappa shape index (κ2) is 11.4. The smallest absolute Gasteiger partial charge is 0.239 e. The molecule has 1 aliphatic rings. The van der Waals surface area contributed by atoms with Gasteiger partial charge >= 0.3 is 0 Å². The molecule has 0 unspecified atom stereocenters. The van der Waals surface area contributed by atoms with Gasteiger partial charge in [0, 0.05) is 43.9 Å². The number of methoxy groups -OCH3 is 1. The number of hydrogen-bond donors (Lipinski definition) is 1. The highest BCUT2D eigenvalue weighted by atomic mass is 16.5. The van der Waals surface area contributed by atoms with Crippen molar-refractivity contribution in [2.75, 3.05) is 31.6 Å². The average molecular weight is 458 g/mol. The minimum atomic E-state index is -0.182. The molecule has 6 heteroatoms. The minimum absolute atomic E-state index is 0.000300. The molecule has 34 heavy (non-hydrogen) atoms. The topological polar surface area (TPSA) is 61.9 Å². The molecular formula is C28H31N3O3. The summed E-state index contributed by atoms with van der Waals surface area (Å²) in [4.78, 5) is 29.9. The van der Waals surface area contributed by atoms with E-state index in [1.807, 2.05) is 60.7 Å². The van der Waals surface area contributed by atoms with E-state index in [9.17, 15) is 9.59 Å². The largest absolute Gasteiger partial charge is 0.496 e. The van der Waals surface area contributed by atoms with Crippen LogP contribution in [-0.2, 0) is 29.1 Å². The zero-order valence-electron chi connectivity index (χ0n) is 19.6. The molecule has 0 radical (unpaired) electrons. The molecule has 3 aromatic rings. The molecule has 0 fully saturated rings. The highest BCUT2D eigenvalue weighted by Gasteiger charge is 2.23. The predicted molar refractivity (Wildman–Crippen MR) is 134 cm³/mol. The van der Waals surface area contributed by atoms with Crippen molar-refractivity contribution in [1.82, 2.24) is 10.2 Å². The van der Waals surface area contributed by atoms with Gasteiger partial charge in [-0.2, -0.15) is 0 Å². The van der Waals surface area contributed by atoms with E-state index in [0.717, 1.165) is 24.1 Å². The summed E-state index contributed by atoms with van der Waals surface area (Å²) in [5.41, 5.74) is 4.42. The van der Waals surface area contributed by atoms with Gasteiger partial charge in [-0.3, -0.25) is 9.59 Å². The van der Waals surface area contributed by atoms with Crippen LogP contribution in [0.2, 0.25) is 0 Å². The zero-order chi connectivity index (χ0) is 23.8. The lowest BCUT2D eigenvalue weighted by molar-refractivity contribution is -0.136. The predicted octanol–water partition coefficient (Wildman–Crippen LogP) is 3.79. The summed E-state index contributed by atoms with van der Waals surface area (Å²) in [6.45, 7) is 2.29. The molecule has 0 bridgehead atoms. The number of hydrogen-bond acceptors (Lipinski definition) is 4. The van der Waals surface area contributed by atoms with Crippen LogP contribution in [0.5, 0.6) is 5.75 Å². The number of nitrogens with one attached hydrogen (secondary N) is 1. The third kappa shape index (κ3) is 5.95. The first-order chi connectivity index (χ1) is 16.6. The van der Waals surface area contributed by atoms with Crippen molar-refractivity contribution in [2.45, 2.75) is 25.9 Å². The first kappa shape index (κ1) is 23.4. The van der Waals surface area contributed by atoms with E-state index in [1.54, 1.807) is 12.0 Å². The van der Waals surface area contributed by atoms with E-state index >= 15 is 0 Å². The van der Waals surface area contributed by atoms with Gasteiger partial charge in [0.15, 0.2) is 0 Å². The van der Waals surface area contributed by atoms with Gasteiger partial charge in [-0.1, -0.05) is 66.7 Å². The molecule has 0 aliphatic carbocycles. The lowest BCUT2D eigenvalue weighted by Crippen LogP contribution is -2.41. The number of fused-ring (bicyclic) bond motifs is 1. The van der Waals surface area contributed by atoms with E-state index in [2.05, 4.69) is 28.4 Å². The van der Waals surface area contributed by atoms with Crippen LogP contribution in [0.3, 0.4) is 0 Å². The molecule has 0 saturated heterocycles. The van der Waals surface area contributed by atoms with E-state index in [-0.39, 0.29) is 18.4 Å². The van der Waals surface area contributed by atoms with E-state index in [0.29, 0.717) is 31.8 Å². The maximum Gasteiger partial charge on any atom is 0.239 e. The van der Waals surface area contributed by atoms with Gasteiger partial charge in [0.05, 0.1) is 13.7 Å². The highest BCUT2D eigenvalue weighted by Crippen LogP contribution is 2.27. The number of ether oxygens (including phenoxy) is 1. The van der Waals surface area contributed by atoms with Crippen molar-refractivity contribution in [3.8, 4) is 5.75 Å². The number of carbonyl (C=O) groups excluding carboxylic acids is 2. The van der Waals surface area contributed by atoms with Crippen molar-refractivity contribution in [2.24, 2.45) is 0 Å². The van der Waals surface area contributed by atoms with Crippen LogP contribution >= 0.6 is 0 Å². The Morgan fingerprint density at radius 2 is 1.71 bits per heavy atom. The molecule has 0 aromatic heterocycles. The fraction of sp³-hybridized carbons (Fsp3) is 0.286. The highest BCUT2D eigenvalue weighted by molar-refractivity contribution is 5.85. The number of carbonyl (C=O) groups is 2. The lowest BCUT2D eigenvalue weighted by atomic mass is 10.1. The molecule has 1 aliphatic heterocycles. The molecule has 176 valence electrons. The Balaban J connectivity index is 1.41. The second-order valence-electron chi connectivity index (χ2n) is 8.44. The Hall–Kier alpha value is -3.80. The third-order valence-corrected chi connectivity index (χ3v) is 6.15. The van der Waals surface area contributed by atoms with Crippen LogP contribution in [0.15, 0.2) is 78.9 Å². The zero-order valence-corrected chi connectivity index (χ0v) is 19.6. The molecule has 1 N–H and O–H groups in total. The Kier molecular flexibility index (Phi) is 7.81. The fourth-order valence-corrected chi connectivity index (χ4v) is 4.32. The van der Waals surface area contributed by atoms with Gasteiger partial charge < -0.3 is 19.9 Å². The minimum Gasteiger partial charge on any atom is -0.496 e. The first-order valence-corrected chi connectivity index (χ1v) is 11.7. The van der Waals surface area contributed by atoms with E-state index in [1.165, 1.54) is 11.3 Å². The molecule has 1 heterocycles. The maximum atomic E-state index is 13.3. The van der Waals surface area contributed by atoms with Crippen molar-refractivity contribution in [1.29, 1.82) is 0 Å². The monoisotopic (exact) mass is 457 g/mol. The van der Waals surface area contributed by atoms with Gasteiger partial charge in [-0.05, 0) is 29.7 Å². The normalized spacial score (nSPS) is 12.2. The molecule has 0 saturated carbocycles. The number of anilines is 1. The van der Waals surface area contributed by atoms with Gasteiger partial charge in [-0.15, -0.1) is 0 Å². The number of nitrogens with zero attached hydrogens (tertiary/aromatic N) is 2. The van der Waals surface area contributed by atoms with Gasteiger partial charge in [-0.25, -0.2) is 0 Å². The average Bonchev–Trinajstić information content (AvgIpc) is 3.29. The Morgan fingerprint density at radius 1 is 0.971 bits per heavy atom. The Bertz CT molecular complexity index is 1120. The van der Waals surface area contributed by atoms with Crippen molar-refractivity contribution in [3.63, 3.8) is 0 Å². The molecule has 0 spiro atoms. The van der Waals surface area contributed by atoms with Gasteiger partial charge in [0.1, 0.15) is 5.75 Å². The van der Waals surface area contributed by atoms with Crippen LogP contribution in [0.25, 0.3) is 0 Å². The van der Waals surface area contributed by atoms with Crippen molar-refractivity contribution in [3.05, 3.63) is 95.6 Å². The van der Waals surface area contributed by atoms with E-state index in [4.69, 9.17) is 4.74 Å². The number of amides is 2. The van der Waals surface area contributed by atoms with E-state index < -0.39 is 0 Å². The lowest BCUT2D eigenvalue weighted by Gasteiger charge is -2.25. The SMILES string of the molecule is COc1ccccc1CN(CC(=O)NCc1ccccc1)C(=O)CCN1CCc2ccccc21. The third-order valence-electron chi connectivity index (χ3n) is 6.15. The Morgan fingerprint density at radius 3 is 2.53 bits per heavy atom. The summed E-state index contributed by atoms with van der Waals surface area (Å²) in [6, 6.07) is 25.7. The number of benzene rings is 3. The van der Waals surface area contributed by atoms with Crippen LogP contribution in [0.1, 0.15) is 23.1 Å². The molecule has 4 rings (SSSR count). The molecule has 6 nitrogen and oxygen atoms in total. The summed E-state index contributed by atoms with van der Waals surface area (Å²) < 4.78 is 5.47. The summed E-state index contributed by atoms with van der Waals surface area (Å²) in [6.07, 6.45) is 1.34. The van der Waals surface area contributed by atoms with Gasteiger partial charge in [0.25, 0.3) is 0 Å². The molecule has 0 atom stereocenters. The van der Waals surface area contributed by atoms with Gasteiger partial charge in [0.2, 0.25) is 11.8 Å². The maximum absolute atomic E-state index is 13.3. The van der Waals surface area contributed by atoms with Crippen molar-refractivity contribution < 1.29 is 14.3 Å². The summed E-state index contributed by atoms with van der Waals surface area (Å²) in [5, 5.41) is 2.93. The summed E-state index contributed by atoms with van der Waals surface area (Å²) in [7, 11) is 1.61. The van der Waals surface area contributed by atoms with Crippen LogP contribution in [0.4, 0.5) is 5.69 Å². The first-order valence-electron chi connectivity index (χ1n) is 11.7. The Labute approximate surface area is 201 Å².